The number of aromatic nitrogens is 1. The number of methoxy groups -OCH3 is 1. The molecule has 4 nitrogen and oxygen atoms in total. The highest BCUT2D eigenvalue weighted by atomic mass is 16.5. The normalized spacial score (nSPS) is 26.5. The summed E-state index contributed by atoms with van der Waals surface area (Å²) in [6, 6.07) is 10.7. The van der Waals surface area contributed by atoms with Crippen LogP contribution < -0.4 is 10.1 Å². The van der Waals surface area contributed by atoms with Gasteiger partial charge in [0, 0.05) is 36.2 Å². The fraction of sp³-hybridized carbons (Fsp3) is 0.389. The van der Waals surface area contributed by atoms with E-state index < -0.39 is 0 Å². The summed E-state index contributed by atoms with van der Waals surface area (Å²) in [4.78, 5) is 4.14. The molecule has 0 unspecified atom stereocenters. The van der Waals surface area contributed by atoms with Crippen LogP contribution in [0.25, 0.3) is 0 Å². The van der Waals surface area contributed by atoms with E-state index in [1.807, 2.05) is 18.5 Å². The van der Waals surface area contributed by atoms with Crippen LogP contribution in [0.1, 0.15) is 36.1 Å². The van der Waals surface area contributed by atoms with Crippen molar-refractivity contribution in [3.8, 4) is 5.75 Å². The van der Waals surface area contributed by atoms with Crippen molar-refractivity contribution in [2.45, 2.75) is 25.0 Å². The van der Waals surface area contributed by atoms with Crippen molar-refractivity contribution in [2.24, 2.45) is 5.92 Å². The Morgan fingerprint density at radius 1 is 1.23 bits per heavy atom. The van der Waals surface area contributed by atoms with Gasteiger partial charge in [0.2, 0.25) is 0 Å². The van der Waals surface area contributed by atoms with Gasteiger partial charge >= 0.3 is 0 Å². The van der Waals surface area contributed by atoms with Gasteiger partial charge in [-0.1, -0.05) is 0 Å². The second kappa shape index (κ2) is 5.61. The topological polar surface area (TPSA) is 43.4 Å². The summed E-state index contributed by atoms with van der Waals surface area (Å²) in [6.45, 7) is 0.834. The van der Waals surface area contributed by atoms with Crippen LogP contribution in [0.4, 0.5) is 5.69 Å². The summed E-state index contributed by atoms with van der Waals surface area (Å²) in [5.74, 6) is 1.33. The molecule has 0 radical (unpaired) electrons. The molecule has 3 heterocycles. The van der Waals surface area contributed by atoms with Gasteiger partial charge in [-0.25, -0.2) is 0 Å². The van der Waals surface area contributed by atoms with E-state index in [4.69, 9.17) is 9.47 Å². The van der Waals surface area contributed by atoms with Crippen LogP contribution in [-0.2, 0) is 4.74 Å². The van der Waals surface area contributed by atoms with Gasteiger partial charge in [0.25, 0.3) is 0 Å². The molecule has 4 rings (SSSR count). The van der Waals surface area contributed by atoms with Gasteiger partial charge in [0.05, 0.1) is 19.3 Å². The third-order valence-electron chi connectivity index (χ3n) is 4.74. The van der Waals surface area contributed by atoms with Crippen LogP contribution in [0, 0.1) is 5.92 Å². The largest absolute Gasteiger partial charge is 0.497 e. The molecule has 1 N–H and O–H groups in total. The zero-order valence-electron chi connectivity index (χ0n) is 12.7. The number of fused-ring (bicyclic) bond motifs is 3. The van der Waals surface area contributed by atoms with E-state index in [9.17, 15) is 0 Å². The molecular formula is C18H20N2O2. The number of hydrogen-bond donors (Lipinski definition) is 1. The molecule has 0 spiro atoms. The Labute approximate surface area is 130 Å². The summed E-state index contributed by atoms with van der Waals surface area (Å²) >= 11 is 0. The van der Waals surface area contributed by atoms with Gasteiger partial charge in [0.15, 0.2) is 0 Å². The smallest absolute Gasteiger partial charge is 0.119 e. The van der Waals surface area contributed by atoms with Crippen molar-refractivity contribution in [3.63, 3.8) is 0 Å². The summed E-state index contributed by atoms with van der Waals surface area (Å²) < 4.78 is 11.5. The minimum atomic E-state index is 0.137. The van der Waals surface area contributed by atoms with Crippen LogP contribution in [-0.4, -0.2) is 18.7 Å². The first-order valence-corrected chi connectivity index (χ1v) is 7.83. The highest BCUT2D eigenvalue weighted by Gasteiger charge is 2.39. The monoisotopic (exact) mass is 296 g/mol. The lowest BCUT2D eigenvalue weighted by Gasteiger charge is -2.43. The van der Waals surface area contributed by atoms with Crippen LogP contribution in [0.2, 0.25) is 0 Å². The first-order valence-electron chi connectivity index (χ1n) is 7.83. The molecule has 1 fully saturated rings. The number of pyridine rings is 1. The van der Waals surface area contributed by atoms with Gasteiger partial charge in [-0.3, -0.25) is 4.98 Å². The number of rotatable bonds is 2. The molecule has 22 heavy (non-hydrogen) atoms. The van der Waals surface area contributed by atoms with Crippen LogP contribution in [0.15, 0.2) is 42.7 Å². The zero-order chi connectivity index (χ0) is 14.9. The molecule has 0 saturated carbocycles. The minimum Gasteiger partial charge on any atom is -0.497 e. The van der Waals surface area contributed by atoms with E-state index in [1.54, 1.807) is 7.11 Å². The van der Waals surface area contributed by atoms with Crippen molar-refractivity contribution in [3.05, 3.63) is 53.9 Å². The zero-order valence-corrected chi connectivity index (χ0v) is 12.7. The van der Waals surface area contributed by atoms with Crippen molar-refractivity contribution in [2.75, 3.05) is 19.0 Å². The molecule has 3 atom stereocenters. The highest BCUT2D eigenvalue weighted by molar-refractivity contribution is 5.59. The second-order valence-electron chi connectivity index (χ2n) is 5.95. The standard InChI is InChI=1S/C18H20N2O2/c1-21-13-4-5-16-15(11-13)18-14(3-2-10-22-18)17(20-16)12-6-8-19-9-7-12/h4-9,11,14,17-18,20H,2-3,10H2,1H3/t14-,17+,18-/m0/s1. The van der Waals surface area contributed by atoms with Crippen molar-refractivity contribution >= 4 is 5.69 Å². The summed E-state index contributed by atoms with van der Waals surface area (Å²) in [7, 11) is 1.71. The Morgan fingerprint density at radius 2 is 2.09 bits per heavy atom. The van der Waals surface area contributed by atoms with E-state index >= 15 is 0 Å². The van der Waals surface area contributed by atoms with E-state index in [0.717, 1.165) is 24.5 Å². The van der Waals surface area contributed by atoms with Gasteiger partial charge in [-0.2, -0.15) is 0 Å². The molecular weight excluding hydrogens is 276 g/mol. The van der Waals surface area contributed by atoms with Crippen LogP contribution in [0.5, 0.6) is 5.75 Å². The number of hydrogen-bond acceptors (Lipinski definition) is 4. The first-order chi connectivity index (χ1) is 10.9. The molecule has 0 amide bonds. The predicted molar refractivity (Wildman–Crippen MR) is 85.0 cm³/mol. The second-order valence-corrected chi connectivity index (χ2v) is 5.95. The Bertz CT molecular complexity index is 659. The van der Waals surface area contributed by atoms with Crippen LogP contribution in [0.3, 0.4) is 0 Å². The first kappa shape index (κ1) is 13.6. The molecule has 1 saturated heterocycles. The van der Waals surface area contributed by atoms with Gasteiger partial charge < -0.3 is 14.8 Å². The number of ether oxygens (including phenoxy) is 2. The maximum absolute atomic E-state index is 6.15. The van der Waals surface area contributed by atoms with Gasteiger partial charge in [-0.15, -0.1) is 0 Å². The van der Waals surface area contributed by atoms with Crippen molar-refractivity contribution in [1.29, 1.82) is 0 Å². The summed E-state index contributed by atoms with van der Waals surface area (Å²) in [5.41, 5.74) is 3.64. The average molecular weight is 296 g/mol. The van der Waals surface area contributed by atoms with E-state index in [0.29, 0.717) is 5.92 Å². The SMILES string of the molecule is COc1ccc2c(c1)[C@H]1OCCC[C@H]1[C@@H](c1ccncc1)N2. The number of nitrogens with zero attached hydrogens (tertiary/aromatic N) is 1. The van der Waals surface area contributed by atoms with E-state index in [-0.39, 0.29) is 12.1 Å². The Hall–Kier alpha value is -2.07. The van der Waals surface area contributed by atoms with Gasteiger partial charge in [0.1, 0.15) is 5.75 Å². The number of anilines is 1. The molecule has 1 aromatic heterocycles. The molecule has 0 bridgehead atoms. The Kier molecular flexibility index (Phi) is 3.47. The maximum atomic E-state index is 6.15. The third kappa shape index (κ3) is 2.24. The molecule has 2 aromatic rings. The van der Waals surface area contributed by atoms with Gasteiger partial charge in [-0.05, 0) is 48.7 Å². The quantitative estimate of drug-likeness (QED) is 0.917. The molecule has 0 aliphatic carbocycles. The highest BCUT2D eigenvalue weighted by Crippen LogP contribution is 2.49. The molecule has 4 heteroatoms. The summed E-state index contributed by atoms with van der Waals surface area (Å²) in [5, 5.41) is 3.70. The average Bonchev–Trinajstić information content (AvgIpc) is 2.61. The fourth-order valence-electron chi connectivity index (χ4n) is 3.68. The van der Waals surface area contributed by atoms with Crippen LogP contribution >= 0.6 is 0 Å². The molecule has 2 aliphatic heterocycles. The molecule has 114 valence electrons. The maximum Gasteiger partial charge on any atom is 0.119 e. The van der Waals surface area contributed by atoms with Crippen molar-refractivity contribution in [1.82, 2.24) is 4.98 Å². The lowest BCUT2D eigenvalue weighted by atomic mass is 9.77. The molecule has 1 aromatic carbocycles. The lowest BCUT2D eigenvalue weighted by molar-refractivity contribution is -0.0382. The fourth-order valence-corrected chi connectivity index (χ4v) is 3.68. The Morgan fingerprint density at radius 3 is 2.91 bits per heavy atom. The Balaban J connectivity index is 1.77. The van der Waals surface area contributed by atoms with Crippen molar-refractivity contribution < 1.29 is 9.47 Å². The predicted octanol–water partition coefficient (Wildman–Crippen LogP) is 3.72. The van der Waals surface area contributed by atoms with E-state index in [1.165, 1.54) is 17.5 Å². The number of nitrogens with one attached hydrogen (secondary N) is 1. The summed E-state index contributed by atoms with van der Waals surface area (Å²) in [6.07, 6.45) is 6.14. The third-order valence-corrected chi connectivity index (χ3v) is 4.74. The lowest BCUT2D eigenvalue weighted by Crippen LogP contribution is -2.36. The molecule has 2 aliphatic rings. The van der Waals surface area contributed by atoms with E-state index in [2.05, 4.69) is 34.6 Å². The number of benzene rings is 1. The minimum absolute atomic E-state index is 0.137.